The first-order valence-corrected chi connectivity index (χ1v) is 4.91. The number of ether oxygens (including phenoxy) is 1. The van der Waals surface area contributed by atoms with Crippen LogP contribution in [-0.4, -0.2) is 19.1 Å². The standard InChI is InChI=1S/C9H12BrN3O.HI/c10-7-1-3-8(4-2-7)14-6-5-13-9(11)12;/h1-4H,5-6H2,(H4,11,12,13);1H. The summed E-state index contributed by atoms with van der Waals surface area (Å²) in [5, 5.41) is 0. The van der Waals surface area contributed by atoms with Gasteiger partial charge in [-0.15, -0.1) is 24.0 Å². The maximum Gasteiger partial charge on any atom is 0.186 e. The Kier molecular flexibility index (Phi) is 7.49. The van der Waals surface area contributed by atoms with Crippen LogP contribution in [0.2, 0.25) is 0 Å². The number of nitrogens with two attached hydrogens (primary N) is 2. The van der Waals surface area contributed by atoms with Gasteiger partial charge in [-0.05, 0) is 24.3 Å². The van der Waals surface area contributed by atoms with Crippen molar-refractivity contribution in [3.05, 3.63) is 28.7 Å². The molecule has 0 unspecified atom stereocenters. The highest BCUT2D eigenvalue weighted by molar-refractivity contribution is 14.0. The van der Waals surface area contributed by atoms with E-state index in [1.54, 1.807) is 0 Å². The van der Waals surface area contributed by atoms with E-state index in [2.05, 4.69) is 20.9 Å². The van der Waals surface area contributed by atoms with Gasteiger partial charge in [0.25, 0.3) is 0 Å². The van der Waals surface area contributed by atoms with Crippen molar-refractivity contribution < 1.29 is 4.74 Å². The highest BCUT2D eigenvalue weighted by atomic mass is 127. The second kappa shape index (κ2) is 7.75. The van der Waals surface area contributed by atoms with Crippen molar-refractivity contribution in [3.63, 3.8) is 0 Å². The van der Waals surface area contributed by atoms with E-state index in [1.165, 1.54) is 0 Å². The van der Waals surface area contributed by atoms with Crippen LogP contribution < -0.4 is 16.2 Å². The predicted octanol–water partition coefficient (Wildman–Crippen LogP) is 1.72. The second-order valence-electron chi connectivity index (χ2n) is 2.61. The minimum absolute atomic E-state index is 0. The lowest BCUT2D eigenvalue weighted by atomic mass is 10.3. The van der Waals surface area contributed by atoms with Gasteiger partial charge in [-0.2, -0.15) is 0 Å². The molecule has 15 heavy (non-hydrogen) atoms. The van der Waals surface area contributed by atoms with Crippen LogP contribution in [-0.2, 0) is 0 Å². The zero-order chi connectivity index (χ0) is 10.4. The van der Waals surface area contributed by atoms with E-state index in [0.29, 0.717) is 13.2 Å². The van der Waals surface area contributed by atoms with Gasteiger partial charge < -0.3 is 16.2 Å². The molecule has 0 aliphatic carbocycles. The third-order valence-electron chi connectivity index (χ3n) is 1.47. The molecule has 1 rings (SSSR count). The fourth-order valence-corrected chi connectivity index (χ4v) is 1.13. The molecule has 6 heteroatoms. The summed E-state index contributed by atoms with van der Waals surface area (Å²) in [6.45, 7) is 0.942. The molecule has 0 radical (unpaired) electrons. The topological polar surface area (TPSA) is 73.6 Å². The minimum Gasteiger partial charge on any atom is -0.492 e. The molecule has 0 aliphatic rings. The summed E-state index contributed by atoms with van der Waals surface area (Å²) in [4.78, 5) is 3.80. The van der Waals surface area contributed by atoms with Gasteiger partial charge in [-0.3, -0.25) is 4.99 Å². The van der Waals surface area contributed by atoms with E-state index in [4.69, 9.17) is 16.2 Å². The van der Waals surface area contributed by atoms with Gasteiger partial charge in [0, 0.05) is 4.47 Å². The molecule has 0 atom stereocenters. The van der Waals surface area contributed by atoms with Crippen molar-refractivity contribution in [3.8, 4) is 5.75 Å². The van der Waals surface area contributed by atoms with Gasteiger partial charge in [0.1, 0.15) is 12.4 Å². The van der Waals surface area contributed by atoms with Crippen LogP contribution in [0.1, 0.15) is 0 Å². The average Bonchev–Trinajstić information content (AvgIpc) is 2.15. The first-order valence-electron chi connectivity index (χ1n) is 4.12. The molecule has 4 nitrogen and oxygen atoms in total. The lowest BCUT2D eigenvalue weighted by Gasteiger charge is -2.03. The molecule has 0 heterocycles. The first-order chi connectivity index (χ1) is 6.68. The largest absolute Gasteiger partial charge is 0.492 e. The summed E-state index contributed by atoms with van der Waals surface area (Å²) in [6.07, 6.45) is 0. The number of guanidine groups is 1. The van der Waals surface area contributed by atoms with Crippen molar-refractivity contribution in [1.82, 2.24) is 0 Å². The molecule has 4 N–H and O–H groups in total. The Hall–Kier alpha value is -0.500. The summed E-state index contributed by atoms with van der Waals surface area (Å²) < 4.78 is 6.39. The predicted molar refractivity (Wildman–Crippen MR) is 75.7 cm³/mol. The monoisotopic (exact) mass is 385 g/mol. The third-order valence-corrected chi connectivity index (χ3v) is 2.00. The van der Waals surface area contributed by atoms with Gasteiger partial charge >= 0.3 is 0 Å². The molecule has 0 aliphatic heterocycles. The van der Waals surface area contributed by atoms with Gasteiger partial charge in [-0.25, -0.2) is 0 Å². The molecule has 1 aromatic carbocycles. The van der Waals surface area contributed by atoms with Crippen molar-refractivity contribution >= 4 is 45.9 Å². The third kappa shape index (κ3) is 6.56. The van der Waals surface area contributed by atoms with Gasteiger partial charge in [0.05, 0.1) is 6.54 Å². The fraction of sp³-hybridized carbons (Fsp3) is 0.222. The van der Waals surface area contributed by atoms with Crippen molar-refractivity contribution in [2.75, 3.05) is 13.2 Å². The van der Waals surface area contributed by atoms with Crippen molar-refractivity contribution in [2.45, 2.75) is 0 Å². The Morgan fingerprint density at radius 3 is 2.40 bits per heavy atom. The maximum atomic E-state index is 5.37. The fourth-order valence-electron chi connectivity index (χ4n) is 0.869. The zero-order valence-electron chi connectivity index (χ0n) is 8.02. The molecular weight excluding hydrogens is 373 g/mol. The Balaban J connectivity index is 0.00000196. The van der Waals surface area contributed by atoms with E-state index >= 15 is 0 Å². The number of hydrogen-bond donors (Lipinski definition) is 2. The lowest BCUT2D eigenvalue weighted by Crippen LogP contribution is -2.23. The van der Waals surface area contributed by atoms with Crippen molar-refractivity contribution in [2.24, 2.45) is 16.5 Å². The first kappa shape index (κ1) is 14.5. The lowest BCUT2D eigenvalue weighted by molar-refractivity contribution is 0.328. The smallest absolute Gasteiger partial charge is 0.186 e. The number of rotatable bonds is 4. The van der Waals surface area contributed by atoms with E-state index in [1.807, 2.05) is 24.3 Å². The Labute approximate surface area is 114 Å². The molecule has 0 bridgehead atoms. The van der Waals surface area contributed by atoms with E-state index in [9.17, 15) is 0 Å². The van der Waals surface area contributed by atoms with Crippen LogP contribution in [0, 0.1) is 0 Å². The minimum atomic E-state index is 0. The molecule has 0 fully saturated rings. The highest BCUT2D eigenvalue weighted by Crippen LogP contribution is 2.15. The Morgan fingerprint density at radius 1 is 1.27 bits per heavy atom. The summed E-state index contributed by atoms with van der Waals surface area (Å²) >= 11 is 3.34. The molecule has 0 aromatic heterocycles. The van der Waals surface area contributed by atoms with Crippen LogP contribution in [0.5, 0.6) is 5.75 Å². The van der Waals surface area contributed by atoms with Crippen LogP contribution in [0.25, 0.3) is 0 Å². The number of aliphatic imine (C=N–C) groups is 1. The van der Waals surface area contributed by atoms with E-state index < -0.39 is 0 Å². The molecule has 0 amide bonds. The molecule has 1 aromatic rings. The quantitative estimate of drug-likeness (QED) is 0.358. The highest BCUT2D eigenvalue weighted by Gasteiger charge is 1.92. The zero-order valence-corrected chi connectivity index (χ0v) is 11.9. The van der Waals surface area contributed by atoms with Crippen LogP contribution in [0.3, 0.4) is 0 Å². The number of benzene rings is 1. The van der Waals surface area contributed by atoms with Crippen molar-refractivity contribution in [1.29, 1.82) is 0 Å². The molecule has 84 valence electrons. The van der Waals surface area contributed by atoms with Gasteiger partial charge in [0.2, 0.25) is 0 Å². The second-order valence-corrected chi connectivity index (χ2v) is 3.52. The summed E-state index contributed by atoms with van der Waals surface area (Å²) in [5.41, 5.74) is 10.3. The van der Waals surface area contributed by atoms with Gasteiger partial charge in [0.15, 0.2) is 5.96 Å². The average molecular weight is 386 g/mol. The number of hydrogen-bond acceptors (Lipinski definition) is 2. The summed E-state index contributed by atoms with van der Waals surface area (Å²) in [5.74, 6) is 0.892. The summed E-state index contributed by atoms with van der Waals surface area (Å²) in [6, 6.07) is 7.57. The molecule has 0 saturated carbocycles. The van der Waals surface area contributed by atoms with Crippen LogP contribution >= 0.6 is 39.9 Å². The maximum absolute atomic E-state index is 5.37. The number of halogens is 2. The van der Waals surface area contributed by atoms with Crippen LogP contribution in [0.15, 0.2) is 33.7 Å². The molecular formula is C9H13BrIN3O. The van der Waals surface area contributed by atoms with Crippen LogP contribution in [0.4, 0.5) is 0 Å². The normalized spacial score (nSPS) is 8.87. The molecule has 0 spiro atoms. The van der Waals surface area contributed by atoms with E-state index in [0.717, 1.165) is 10.2 Å². The van der Waals surface area contributed by atoms with Gasteiger partial charge in [-0.1, -0.05) is 15.9 Å². The Morgan fingerprint density at radius 2 is 1.87 bits per heavy atom. The Bertz CT molecular complexity index is 312. The summed E-state index contributed by atoms with van der Waals surface area (Å²) in [7, 11) is 0. The van der Waals surface area contributed by atoms with E-state index in [-0.39, 0.29) is 29.9 Å². The number of nitrogens with zero attached hydrogens (tertiary/aromatic N) is 1. The SMILES string of the molecule is I.NC(N)=NCCOc1ccc(Br)cc1. The molecule has 0 saturated heterocycles.